The highest BCUT2D eigenvalue weighted by Gasteiger charge is 2.36. The molecule has 1 heterocycles. The lowest BCUT2D eigenvalue weighted by molar-refractivity contribution is -0.158. The van der Waals surface area contributed by atoms with Crippen molar-refractivity contribution in [3.63, 3.8) is 0 Å². The molecule has 2 amide bonds. The number of likely N-dealkylation sites (N-methyl/N-ethyl adjacent to an activating group) is 1. The van der Waals surface area contributed by atoms with E-state index in [-0.39, 0.29) is 19.1 Å². The second kappa shape index (κ2) is 5.51. The van der Waals surface area contributed by atoms with E-state index in [9.17, 15) is 14.4 Å². The standard InChI is InChI=1S/C13H14N2O4/c1-15-7-10(16)14-11(12(15)17)13(18)19-8-9-5-3-2-4-6-9/h2-6,11H,7-8H2,1H3,(H,14,16). The van der Waals surface area contributed by atoms with Gasteiger partial charge in [0.25, 0.3) is 5.91 Å². The van der Waals surface area contributed by atoms with E-state index in [1.54, 1.807) is 12.1 Å². The highest BCUT2D eigenvalue weighted by molar-refractivity contribution is 6.08. The van der Waals surface area contributed by atoms with Crippen LogP contribution in [0.1, 0.15) is 5.56 Å². The summed E-state index contributed by atoms with van der Waals surface area (Å²) in [5.74, 6) is -1.57. The van der Waals surface area contributed by atoms with Gasteiger partial charge in [0.1, 0.15) is 6.61 Å². The molecule has 1 unspecified atom stereocenters. The summed E-state index contributed by atoms with van der Waals surface area (Å²) < 4.78 is 5.03. The Kier molecular flexibility index (Phi) is 3.79. The number of esters is 1. The predicted octanol–water partition coefficient (Wildman–Crippen LogP) is -0.313. The molecule has 1 fully saturated rings. The van der Waals surface area contributed by atoms with Crippen LogP contribution in [0.3, 0.4) is 0 Å². The van der Waals surface area contributed by atoms with E-state index in [1.165, 1.54) is 11.9 Å². The molecule has 0 bridgehead atoms. The quantitative estimate of drug-likeness (QED) is 0.598. The molecule has 1 aromatic rings. The van der Waals surface area contributed by atoms with Gasteiger partial charge in [-0.15, -0.1) is 0 Å². The number of hydrogen-bond acceptors (Lipinski definition) is 4. The Balaban J connectivity index is 1.96. The van der Waals surface area contributed by atoms with Crippen molar-refractivity contribution in [2.75, 3.05) is 13.6 Å². The SMILES string of the molecule is CN1CC(=O)NC(C(=O)OCc2ccccc2)C1=O. The van der Waals surface area contributed by atoms with Crippen LogP contribution in [-0.2, 0) is 25.7 Å². The minimum Gasteiger partial charge on any atom is -0.459 e. The number of nitrogens with zero attached hydrogens (tertiary/aromatic N) is 1. The smallest absolute Gasteiger partial charge is 0.338 e. The molecule has 1 aromatic carbocycles. The van der Waals surface area contributed by atoms with Crippen molar-refractivity contribution in [1.82, 2.24) is 10.2 Å². The van der Waals surface area contributed by atoms with Crippen molar-refractivity contribution >= 4 is 17.8 Å². The van der Waals surface area contributed by atoms with Crippen LogP contribution in [0, 0.1) is 0 Å². The molecule has 6 nitrogen and oxygen atoms in total. The van der Waals surface area contributed by atoms with Gasteiger partial charge in [-0.05, 0) is 5.56 Å². The van der Waals surface area contributed by atoms with Crippen molar-refractivity contribution in [1.29, 1.82) is 0 Å². The first kappa shape index (κ1) is 13.1. The van der Waals surface area contributed by atoms with Crippen molar-refractivity contribution in [2.45, 2.75) is 12.6 Å². The second-order valence-corrected chi connectivity index (χ2v) is 4.29. The van der Waals surface area contributed by atoms with Gasteiger partial charge in [0.2, 0.25) is 11.9 Å². The molecule has 1 N–H and O–H groups in total. The van der Waals surface area contributed by atoms with Crippen LogP contribution >= 0.6 is 0 Å². The Hall–Kier alpha value is -2.37. The number of ether oxygens (including phenoxy) is 1. The van der Waals surface area contributed by atoms with E-state index >= 15 is 0 Å². The third kappa shape index (κ3) is 3.09. The van der Waals surface area contributed by atoms with Crippen LogP contribution < -0.4 is 5.32 Å². The topological polar surface area (TPSA) is 75.7 Å². The first-order valence-electron chi connectivity index (χ1n) is 5.83. The summed E-state index contributed by atoms with van der Waals surface area (Å²) in [5, 5.41) is 2.33. The molecule has 1 atom stereocenters. The zero-order valence-corrected chi connectivity index (χ0v) is 10.5. The molecule has 0 aliphatic carbocycles. The third-order valence-electron chi connectivity index (χ3n) is 2.77. The Morgan fingerprint density at radius 1 is 1.37 bits per heavy atom. The number of hydrogen-bond donors (Lipinski definition) is 1. The first-order chi connectivity index (χ1) is 9.08. The number of benzene rings is 1. The molecule has 0 saturated carbocycles. The molecule has 100 valence electrons. The van der Waals surface area contributed by atoms with Gasteiger partial charge in [0.15, 0.2) is 0 Å². The molecule has 2 rings (SSSR count). The summed E-state index contributed by atoms with van der Waals surface area (Å²) in [6.45, 7) is 0.0321. The van der Waals surface area contributed by atoms with Crippen molar-refractivity contribution in [3.8, 4) is 0 Å². The summed E-state index contributed by atoms with van der Waals surface area (Å²) in [7, 11) is 1.47. The Labute approximate surface area is 110 Å². The monoisotopic (exact) mass is 262 g/mol. The lowest BCUT2D eigenvalue weighted by Gasteiger charge is -2.28. The molecule has 0 aromatic heterocycles. The van der Waals surface area contributed by atoms with Crippen molar-refractivity contribution in [2.24, 2.45) is 0 Å². The van der Waals surface area contributed by atoms with Gasteiger partial charge in [-0.2, -0.15) is 0 Å². The van der Waals surface area contributed by atoms with Gasteiger partial charge < -0.3 is 15.0 Å². The summed E-state index contributed by atoms with van der Waals surface area (Å²) >= 11 is 0. The van der Waals surface area contributed by atoms with Crippen LogP contribution in [0.5, 0.6) is 0 Å². The number of rotatable bonds is 3. The minimum absolute atomic E-state index is 0.0404. The molecule has 1 saturated heterocycles. The molecular formula is C13H14N2O4. The van der Waals surface area contributed by atoms with Gasteiger partial charge in [-0.25, -0.2) is 4.79 Å². The molecule has 19 heavy (non-hydrogen) atoms. The normalized spacial score (nSPS) is 19.0. The van der Waals surface area contributed by atoms with Crippen LogP contribution in [0.2, 0.25) is 0 Å². The highest BCUT2D eigenvalue weighted by Crippen LogP contribution is 2.05. The molecule has 6 heteroatoms. The summed E-state index contributed by atoms with van der Waals surface area (Å²) in [4.78, 5) is 36.0. The third-order valence-corrected chi connectivity index (χ3v) is 2.77. The number of piperazine rings is 1. The van der Waals surface area contributed by atoms with Crippen LogP contribution in [-0.4, -0.2) is 42.3 Å². The van der Waals surface area contributed by atoms with Crippen LogP contribution in [0.15, 0.2) is 30.3 Å². The van der Waals surface area contributed by atoms with Gasteiger partial charge in [0.05, 0.1) is 6.54 Å². The number of carbonyl (C=O) groups excluding carboxylic acids is 3. The van der Waals surface area contributed by atoms with E-state index < -0.39 is 17.9 Å². The van der Waals surface area contributed by atoms with E-state index in [4.69, 9.17) is 4.74 Å². The van der Waals surface area contributed by atoms with Gasteiger partial charge in [-0.1, -0.05) is 30.3 Å². The summed E-state index contributed by atoms with van der Waals surface area (Å²) in [5.41, 5.74) is 0.818. The molecule has 1 aliphatic heterocycles. The second-order valence-electron chi connectivity index (χ2n) is 4.29. The lowest BCUT2D eigenvalue weighted by atomic mass is 10.2. The van der Waals surface area contributed by atoms with E-state index in [1.807, 2.05) is 18.2 Å². The van der Waals surface area contributed by atoms with Crippen LogP contribution in [0.4, 0.5) is 0 Å². The fourth-order valence-corrected chi connectivity index (χ4v) is 1.75. The zero-order chi connectivity index (χ0) is 13.8. The van der Waals surface area contributed by atoms with Crippen molar-refractivity contribution < 1.29 is 19.1 Å². The largest absolute Gasteiger partial charge is 0.459 e. The molecule has 0 spiro atoms. The predicted molar refractivity (Wildman–Crippen MR) is 65.8 cm³/mol. The molecular weight excluding hydrogens is 248 g/mol. The van der Waals surface area contributed by atoms with Gasteiger partial charge in [0, 0.05) is 7.05 Å². The number of carbonyl (C=O) groups is 3. The number of amides is 2. The lowest BCUT2D eigenvalue weighted by Crippen LogP contribution is -2.60. The van der Waals surface area contributed by atoms with Gasteiger partial charge in [-0.3, -0.25) is 9.59 Å². The first-order valence-corrected chi connectivity index (χ1v) is 5.83. The van der Waals surface area contributed by atoms with E-state index in [0.29, 0.717) is 0 Å². The Morgan fingerprint density at radius 3 is 2.74 bits per heavy atom. The molecule has 1 aliphatic rings. The maximum absolute atomic E-state index is 11.8. The van der Waals surface area contributed by atoms with E-state index in [0.717, 1.165) is 5.56 Å². The fourth-order valence-electron chi connectivity index (χ4n) is 1.75. The fraction of sp³-hybridized carbons (Fsp3) is 0.308. The maximum Gasteiger partial charge on any atom is 0.338 e. The van der Waals surface area contributed by atoms with E-state index in [2.05, 4.69) is 5.32 Å². The Morgan fingerprint density at radius 2 is 2.05 bits per heavy atom. The summed E-state index contributed by atoms with van der Waals surface area (Å²) in [6.07, 6.45) is 0. The maximum atomic E-state index is 11.8. The average Bonchev–Trinajstić information content (AvgIpc) is 2.41. The van der Waals surface area contributed by atoms with Crippen molar-refractivity contribution in [3.05, 3.63) is 35.9 Å². The Bertz CT molecular complexity index is 501. The minimum atomic E-state index is -1.24. The molecule has 0 radical (unpaired) electrons. The number of nitrogens with one attached hydrogen (secondary N) is 1. The summed E-state index contributed by atoms with van der Waals surface area (Å²) in [6, 6.07) is 7.87. The van der Waals surface area contributed by atoms with Gasteiger partial charge >= 0.3 is 5.97 Å². The average molecular weight is 262 g/mol. The highest BCUT2D eigenvalue weighted by atomic mass is 16.5. The zero-order valence-electron chi connectivity index (χ0n) is 10.5. The van der Waals surface area contributed by atoms with Crippen LogP contribution in [0.25, 0.3) is 0 Å².